The fourth-order valence-electron chi connectivity index (χ4n) is 3.00. The second kappa shape index (κ2) is 9.01. The largest absolute Gasteiger partial charge is 0.486 e. The standard InChI is InChI=1S/C24H18F2N2O2/c1-15-17(8-5-9-20(15)16-6-3-2-4-7-16)14-30-23-12-21(25)18(11-22(23)26)10-19(13-27)24(28)29/h2-12H,14H2,1H3,(H2,28,29). The first-order valence-corrected chi connectivity index (χ1v) is 9.08. The van der Waals surface area contributed by atoms with Crippen LogP contribution in [0.15, 0.2) is 66.2 Å². The molecule has 3 aromatic carbocycles. The fourth-order valence-corrected chi connectivity index (χ4v) is 3.00. The van der Waals surface area contributed by atoms with Crippen LogP contribution >= 0.6 is 0 Å². The zero-order chi connectivity index (χ0) is 21.7. The van der Waals surface area contributed by atoms with Crippen LogP contribution in [0.25, 0.3) is 17.2 Å². The SMILES string of the molecule is Cc1c(COc2cc(F)c(C=C(C#N)C(N)=O)cc2F)cccc1-c1ccccc1. The van der Waals surface area contributed by atoms with Crippen LogP contribution in [0.2, 0.25) is 0 Å². The summed E-state index contributed by atoms with van der Waals surface area (Å²) in [5.74, 6) is -2.95. The molecule has 0 aromatic heterocycles. The van der Waals surface area contributed by atoms with Gasteiger partial charge in [-0.25, -0.2) is 8.78 Å². The van der Waals surface area contributed by atoms with Crippen LogP contribution < -0.4 is 10.5 Å². The number of carbonyl (C=O) groups is 1. The molecule has 0 aliphatic heterocycles. The Labute approximate surface area is 172 Å². The van der Waals surface area contributed by atoms with Gasteiger partial charge in [0.05, 0.1) is 0 Å². The summed E-state index contributed by atoms with van der Waals surface area (Å²) < 4.78 is 34.3. The van der Waals surface area contributed by atoms with Crippen molar-refractivity contribution in [1.82, 2.24) is 0 Å². The summed E-state index contributed by atoms with van der Waals surface area (Å²) in [6.45, 7) is 1.99. The summed E-state index contributed by atoms with van der Waals surface area (Å²) in [5, 5.41) is 8.85. The number of nitrogens with two attached hydrogens (primary N) is 1. The molecule has 0 saturated carbocycles. The van der Waals surface area contributed by atoms with Crippen molar-refractivity contribution in [3.63, 3.8) is 0 Å². The molecule has 4 nitrogen and oxygen atoms in total. The lowest BCUT2D eigenvalue weighted by atomic mass is 9.97. The average molecular weight is 404 g/mol. The molecule has 0 atom stereocenters. The first kappa shape index (κ1) is 20.7. The fraction of sp³-hybridized carbons (Fsp3) is 0.0833. The van der Waals surface area contributed by atoms with E-state index in [1.165, 1.54) is 0 Å². The Hall–Kier alpha value is -3.98. The lowest BCUT2D eigenvalue weighted by molar-refractivity contribution is -0.114. The Morgan fingerprint density at radius 1 is 1.10 bits per heavy atom. The maximum absolute atomic E-state index is 14.4. The Balaban J connectivity index is 1.84. The molecule has 0 aliphatic carbocycles. The van der Waals surface area contributed by atoms with Crippen LogP contribution in [0.3, 0.4) is 0 Å². The van der Waals surface area contributed by atoms with Gasteiger partial charge in [-0.05, 0) is 41.3 Å². The van der Waals surface area contributed by atoms with E-state index in [1.54, 1.807) is 6.07 Å². The van der Waals surface area contributed by atoms with Gasteiger partial charge in [0.15, 0.2) is 11.6 Å². The van der Waals surface area contributed by atoms with E-state index in [9.17, 15) is 13.6 Å². The number of halogens is 2. The molecular weight excluding hydrogens is 386 g/mol. The minimum Gasteiger partial charge on any atom is -0.486 e. The van der Waals surface area contributed by atoms with E-state index in [0.717, 1.165) is 40.5 Å². The van der Waals surface area contributed by atoms with Crippen LogP contribution in [0.1, 0.15) is 16.7 Å². The summed E-state index contributed by atoms with van der Waals surface area (Å²) >= 11 is 0. The van der Waals surface area contributed by atoms with Crippen LogP contribution in [-0.4, -0.2) is 5.91 Å². The minimum atomic E-state index is -1.02. The summed E-state index contributed by atoms with van der Waals surface area (Å²) in [6.07, 6.45) is 0.901. The predicted octanol–water partition coefficient (Wildman–Crippen LogP) is 4.91. The van der Waals surface area contributed by atoms with Crippen molar-refractivity contribution in [2.75, 3.05) is 0 Å². The van der Waals surface area contributed by atoms with Crippen molar-refractivity contribution in [3.8, 4) is 22.9 Å². The highest BCUT2D eigenvalue weighted by Gasteiger charge is 2.14. The third kappa shape index (κ3) is 4.53. The topological polar surface area (TPSA) is 76.1 Å². The van der Waals surface area contributed by atoms with Gasteiger partial charge in [-0.2, -0.15) is 5.26 Å². The molecule has 3 rings (SSSR count). The summed E-state index contributed by atoms with van der Waals surface area (Å²) in [6, 6.07) is 18.8. The highest BCUT2D eigenvalue weighted by molar-refractivity contribution is 6.00. The quantitative estimate of drug-likeness (QED) is 0.468. The molecule has 0 heterocycles. The number of rotatable bonds is 6. The molecule has 0 radical (unpaired) electrons. The van der Waals surface area contributed by atoms with Gasteiger partial charge < -0.3 is 10.5 Å². The lowest BCUT2D eigenvalue weighted by Gasteiger charge is -2.14. The normalized spacial score (nSPS) is 11.1. The molecule has 6 heteroatoms. The Kier molecular flexibility index (Phi) is 6.23. The van der Waals surface area contributed by atoms with Gasteiger partial charge in [-0.3, -0.25) is 4.79 Å². The number of primary amides is 1. The predicted molar refractivity (Wildman–Crippen MR) is 110 cm³/mol. The average Bonchev–Trinajstić information content (AvgIpc) is 2.74. The molecule has 0 unspecified atom stereocenters. The molecule has 0 bridgehead atoms. The van der Waals surface area contributed by atoms with E-state index >= 15 is 0 Å². The Morgan fingerprint density at radius 2 is 1.83 bits per heavy atom. The molecule has 0 fully saturated rings. The lowest BCUT2D eigenvalue weighted by Crippen LogP contribution is -2.12. The highest BCUT2D eigenvalue weighted by atomic mass is 19.1. The van der Waals surface area contributed by atoms with E-state index in [1.807, 2.05) is 55.5 Å². The number of nitrogens with zero attached hydrogens (tertiary/aromatic N) is 1. The summed E-state index contributed by atoms with van der Waals surface area (Å²) in [4.78, 5) is 11.1. The van der Waals surface area contributed by atoms with E-state index in [4.69, 9.17) is 15.7 Å². The summed E-state index contributed by atoms with van der Waals surface area (Å²) in [5.41, 5.74) is 8.17. The van der Waals surface area contributed by atoms with Crippen molar-refractivity contribution in [1.29, 1.82) is 5.26 Å². The molecule has 30 heavy (non-hydrogen) atoms. The molecule has 0 saturated heterocycles. The highest BCUT2D eigenvalue weighted by Crippen LogP contribution is 2.28. The minimum absolute atomic E-state index is 0.0444. The van der Waals surface area contributed by atoms with Gasteiger partial charge in [0.1, 0.15) is 24.1 Å². The number of benzene rings is 3. The molecule has 1 amide bonds. The number of ether oxygens (including phenoxy) is 1. The molecule has 2 N–H and O–H groups in total. The van der Waals surface area contributed by atoms with Gasteiger partial charge in [-0.1, -0.05) is 48.5 Å². The maximum Gasteiger partial charge on any atom is 0.259 e. The third-order valence-electron chi connectivity index (χ3n) is 4.65. The molecule has 150 valence electrons. The maximum atomic E-state index is 14.4. The number of carbonyl (C=O) groups excluding carboxylic acids is 1. The van der Waals surface area contributed by atoms with Crippen molar-refractivity contribution < 1.29 is 18.3 Å². The van der Waals surface area contributed by atoms with E-state index in [-0.39, 0.29) is 17.9 Å². The molecule has 0 aliphatic rings. The second-order valence-corrected chi connectivity index (χ2v) is 6.58. The van der Waals surface area contributed by atoms with Crippen molar-refractivity contribution >= 4 is 12.0 Å². The zero-order valence-electron chi connectivity index (χ0n) is 16.2. The first-order chi connectivity index (χ1) is 14.4. The molecule has 3 aromatic rings. The number of hydrogen-bond acceptors (Lipinski definition) is 3. The van der Waals surface area contributed by atoms with Crippen molar-refractivity contribution in [2.24, 2.45) is 5.73 Å². The first-order valence-electron chi connectivity index (χ1n) is 9.08. The number of nitriles is 1. The van der Waals surface area contributed by atoms with Crippen molar-refractivity contribution in [2.45, 2.75) is 13.5 Å². The second-order valence-electron chi connectivity index (χ2n) is 6.58. The number of amides is 1. The van der Waals surface area contributed by atoms with Crippen LogP contribution in [0, 0.1) is 29.9 Å². The van der Waals surface area contributed by atoms with Gasteiger partial charge in [0.25, 0.3) is 5.91 Å². The smallest absolute Gasteiger partial charge is 0.259 e. The zero-order valence-corrected chi connectivity index (χ0v) is 16.2. The van der Waals surface area contributed by atoms with E-state index in [0.29, 0.717) is 0 Å². The Morgan fingerprint density at radius 3 is 2.50 bits per heavy atom. The summed E-state index contributed by atoms with van der Waals surface area (Å²) in [7, 11) is 0. The third-order valence-corrected chi connectivity index (χ3v) is 4.65. The van der Waals surface area contributed by atoms with Crippen LogP contribution in [0.4, 0.5) is 8.78 Å². The monoisotopic (exact) mass is 404 g/mol. The van der Waals surface area contributed by atoms with Gasteiger partial charge in [0.2, 0.25) is 0 Å². The Bertz CT molecular complexity index is 1170. The molecular formula is C24H18F2N2O2. The van der Waals surface area contributed by atoms with Gasteiger partial charge >= 0.3 is 0 Å². The molecule has 0 spiro atoms. The van der Waals surface area contributed by atoms with Crippen LogP contribution in [-0.2, 0) is 11.4 Å². The number of hydrogen-bond donors (Lipinski definition) is 1. The van der Waals surface area contributed by atoms with E-state index < -0.39 is 23.1 Å². The van der Waals surface area contributed by atoms with Gasteiger partial charge in [-0.15, -0.1) is 0 Å². The van der Waals surface area contributed by atoms with Crippen molar-refractivity contribution in [3.05, 3.63) is 94.6 Å². The van der Waals surface area contributed by atoms with Gasteiger partial charge in [0, 0.05) is 11.6 Å². The van der Waals surface area contributed by atoms with E-state index in [2.05, 4.69) is 0 Å². The van der Waals surface area contributed by atoms with Crippen LogP contribution in [0.5, 0.6) is 5.75 Å².